The summed E-state index contributed by atoms with van der Waals surface area (Å²) in [6, 6.07) is 26.7. The van der Waals surface area contributed by atoms with Gasteiger partial charge in [0.2, 0.25) is 5.91 Å². The highest BCUT2D eigenvalue weighted by molar-refractivity contribution is 6.01. The van der Waals surface area contributed by atoms with Crippen LogP contribution >= 0.6 is 0 Å². The quantitative estimate of drug-likeness (QED) is 0.220. The Bertz CT molecular complexity index is 2050. The molecule has 1 unspecified atom stereocenters. The van der Waals surface area contributed by atoms with Gasteiger partial charge in [-0.3, -0.25) is 14.5 Å². The summed E-state index contributed by atoms with van der Waals surface area (Å²) in [5, 5.41) is 22.7. The summed E-state index contributed by atoms with van der Waals surface area (Å²) in [5.41, 5.74) is 8.41. The Hall–Kier alpha value is -5.22. The van der Waals surface area contributed by atoms with Crippen LogP contribution in [0.3, 0.4) is 0 Å². The number of hydrogen-bond acceptors (Lipinski definition) is 8. The van der Waals surface area contributed by atoms with Gasteiger partial charge in [0.25, 0.3) is 5.91 Å². The van der Waals surface area contributed by atoms with E-state index in [4.69, 9.17) is 10.2 Å². The number of phenols is 1. The van der Waals surface area contributed by atoms with Crippen molar-refractivity contribution in [2.75, 3.05) is 55.6 Å². The number of carbonyl (C=O) groups is 2. The van der Waals surface area contributed by atoms with Crippen LogP contribution in [0.4, 0.5) is 11.5 Å². The highest BCUT2D eigenvalue weighted by atomic mass is 16.3. The van der Waals surface area contributed by atoms with E-state index in [2.05, 4.69) is 87.3 Å². The lowest BCUT2D eigenvalue weighted by Gasteiger charge is -2.38. The molecule has 1 aliphatic carbocycles. The molecule has 2 N–H and O–H groups in total. The number of rotatable bonds is 8. The number of nitrogens with zero attached hydrogens (tertiary/aromatic N) is 6. The molecule has 4 aromatic rings. The van der Waals surface area contributed by atoms with Crippen molar-refractivity contribution in [2.24, 2.45) is 5.92 Å². The minimum atomic E-state index is -0.429. The number of piperazine rings is 1. The van der Waals surface area contributed by atoms with Gasteiger partial charge in [0.05, 0.1) is 5.69 Å². The first-order valence-corrected chi connectivity index (χ1v) is 20.2. The summed E-state index contributed by atoms with van der Waals surface area (Å²) in [7, 11) is 0. The zero-order valence-electron chi connectivity index (χ0n) is 31.6. The van der Waals surface area contributed by atoms with E-state index in [1.54, 1.807) is 11.0 Å². The number of benzene rings is 3. The molecule has 4 aliphatic heterocycles. The van der Waals surface area contributed by atoms with Crippen molar-refractivity contribution >= 4 is 23.3 Å². The Morgan fingerprint density at radius 2 is 1.60 bits per heavy atom. The summed E-state index contributed by atoms with van der Waals surface area (Å²) in [5.74, 6) is 2.25. The lowest BCUT2D eigenvalue weighted by molar-refractivity contribution is -0.126. The first kappa shape index (κ1) is 35.5. The van der Waals surface area contributed by atoms with E-state index < -0.39 is 6.04 Å². The topological polar surface area (TPSA) is 105 Å². The molecule has 10 heteroatoms. The Kier molecular flexibility index (Phi) is 9.76. The number of piperidine rings is 2. The number of phenolic OH excluding ortho intramolecular Hbond substituents is 1. The van der Waals surface area contributed by atoms with Gasteiger partial charge in [0, 0.05) is 68.7 Å². The molecule has 10 nitrogen and oxygen atoms in total. The van der Waals surface area contributed by atoms with Crippen molar-refractivity contribution in [1.29, 1.82) is 0 Å². The van der Waals surface area contributed by atoms with Gasteiger partial charge < -0.3 is 25.1 Å². The average Bonchev–Trinajstić information content (AvgIpc) is 3.55. The zero-order valence-corrected chi connectivity index (χ0v) is 31.6. The number of anilines is 2. The number of aryl methyl sites for hydroxylation is 1. The van der Waals surface area contributed by atoms with Gasteiger partial charge in [-0.2, -0.15) is 5.10 Å². The highest BCUT2D eigenvalue weighted by Crippen LogP contribution is 2.46. The number of aromatic nitrogens is 2. The summed E-state index contributed by atoms with van der Waals surface area (Å²) >= 11 is 0. The van der Waals surface area contributed by atoms with Crippen molar-refractivity contribution in [1.82, 2.24) is 25.3 Å². The van der Waals surface area contributed by atoms with E-state index in [-0.39, 0.29) is 17.7 Å². The van der Waals surface area contributed by atoms with Crippen LogP contribution in [0.2, 0.25) is 0 Å². The average molecular weight is 738 g/mol. The molecule has 0 bridgehead atoms. The molecule has 0 spiro atoms. The molecule has 0 radical (unpaired) electrons. The highest BCUT2D eigenvalue weighted by Gasteiger charge is 2.39. The minimum Gasteiger partial charge on any atom is -0.508 e. The summed E-state index contributed by atoms with van der Waals surface area (Å²) in [6.07, 6.45) is 6.84. The lowest BCUT2D eigenvalue weighted by atomic mass is 9.70. The van der Waals surface area contributed by atoms with Crippen LogP contribution in [0.1, 0.15) is 88.7 Å². The number of amides is 2. The zero-order chi connectivity index (χ0) is 37.5. The SMILES string of the molecule is C=C1CCC(N2Cc3cc(N4CCN(CCC5CCN(c6ccc([C@@H]7c8ccc(O)cc8CC[C@@H]7c7ccccc7)nn6)CC5)CC4)ccc3C2=O)C(=O)N1. The van der Waals surface area contributed by atoms with Gasteiger partial charge in [-0.1, -0.05) is 43.0 Å². The Labute approximate surface area is 323 Å². The molecule has 3 aromatic carbocycles. The molecule has 9 rings (SSSR count). The van der Waals surface area contributed by atoms with Crippen molar-refractivity contribution in [3.8, 4) is 5.75 Å². The Morgan fingerprint density at radius 1 is 0.782 bits per heavy atom. The third kappa shape index (κ3) is 7.20. The second kappa shape index (κ2) is 15.1. The summed E-state index contributed by atoms with van der Waals surface area (Å²) in [4.78, 5) is 35.0. The van der Waals surface area contributed by atoms with Gasteiger partial charge in [-0.05, 0) is 128 Å². The fourth-order valence-corrected chi connectivity index (χ4v) is 9.78. The molecule has 1 aromatic heterocycles. The third-order valence-electron chi connectivity index (χ3n) is 13.0. The van der Waals surface area contributed by atoms with E-state index in [9.17, 15) is 14.7 Å². The number of carbonyl (C=O) groups excluding carboxylic acids is 2. The summed E-state index contributed by atoms with van der Waals surface area (Å²) in [6.45, 7) is 11.5. The maximum absolute atomic E-state index is 13.2. The van der Waals surface area contributed by atoms with Crippen LogP contribution in [0, 0.1) is 5.92 Å². The lowest BCUT2D eigenvalue weighted by Crippen LogP contribution is -2.49. The molecule has 55 heavy (non-hydrogen) atoms. The van der Waals surface area contributed by atoms with E-state index in [0.717, 1.165) is 92.7 Å². The smallest absolute Gasteiger partial charge is 0.255 e. The first-order chi connectivity index (χ1) is 26.9. The molecule has 284 valence electrons. The minimum absolute atomic E-state index is 0.0443. The second-order valence-corrected chi connectivity index (χ2v) is 16.2. The molecule has 3 fully saturated rings. The molecule has 0 saturated carbocycles. The fourth-order valence-electron chi connectivity index (χ4n) is 9.78. The number of fused-ring (bicyclic) bond motifs is 2. The second-order valence-electron chi connectivity index (χ2n) is 16.2. The predicted molar refractivity (Wildman–Crippen MR) is 214 cm³/mol. The fraction of sp³-hybridized carbons (Fsp3) is 0.422. The summed E-state index contributed by atoms with van der Waals surface area (Å²) < 4.78 is 0. The van der Waals surface area contributed by atoms with Crippen molar-refractivity contribution < 1.29 is 14.7 Å². The molecule has 3 saturated heterocycles. The molecular formula is C45H51N7O3. The van der Waals surface area contributed by atoms with Crippen LogP contribution in [0.25, 0.3) is 0 Å². The Balaban J connectivity index is 0.756. The number of nitrogens with one attached hydrogen (secondary N) is 1. The third-order valence-corrected chi connectivity index (χ3v) is 13.0. The van der Waals surface area contributed by atoms with Crippen LogP contribution in [-0.4, -0.2) is 88.8 Å². The molecule has 5 aliphatic rings. The van der Waals surface area contributed by atoms with Crippen molar-refractivity contribution in [2.45, 2.75) is 69.4 Å². The molecular weight excluding hydrogens is 687 g/mol. The van der Waals surface area contributed by atoms with Crippen molar-refractivity contribution in [3.05, 3.63) is 125 Å². The predicted octanol–water partition coefficient (Wildman–Crippen LogP) is 6.22. The van der Waals surface area contributed by atoms with Gasteiger partial charge in [-0.15, -0.1) is 5.10 Å². The van der Waals surface area contributed by atoms with E-state index in [0.29, 0.717) is 37.0 Å². The van der Waals surface area contributed by atoms with E-state index in [1.807, 2.05) is 12.1 Å². The van der Waals surface area contributed by atoms with Crippen LogP contribution < -0.4 is 15.1 Å². The van der Waals surface area contributed by atoms with Crippen LogP contribution in [-0.2, 0) is 17.8 Å². The van der Waals surface area contributed by atoms with Crippen LogP contribution in [0.15, 0.2) is 91.1 Å². The Morgan fingerprint density at radius 3 is 2.36 bits per heavy atom. The number of hydrogen-bond donors (Lipinski definition) is 2. The number of allylic oxidation sites excluding steroid dienone is 1. The van der Waals surface area contributed by atoms with Gasteiger partial charge in [-0.25, -0.2) is 0 Å². The molecule has 3 atom stereocenters. The van der Waals surface area contributed by atoms with E-state index in [1.165, 1.54) is 36.0 Å². The normalized spacial score (nSPS) is 23.5. The van der Waals surface area contributed by atoms with Crippen LogP contribution in [0.5, 0.6) is 5.75 Å². The van der Waals surface area contributed by atoms with Crippen molar-refractivity contribution in [3.63, 3.8) is 0 Å². The monoisotopic (exact) mass is 737 g/mol. The molecule has 5 heterocycles. The van der Waals surface area contributed by atoms with Gasteiger partial charge in [0.15, 0.2) is 5.82 Å². The molecule has 2 amide bonds. The standard InChI is InChI=1S/C45H51N7O3/c1-30-7-15-41(44(54)46-30)52-29-34-27-35(9-12-39(34)45(52)55)50-25-23-49(24-26-50)20-17-31-18-21-51(22-19-31)42-16-14-40(47-48-42)43-37(32-5-3-2-4-6-32)11-8-33-28-36(53)10-13-38(33)43/h2-6,9-10,12-14,16,27-28,31,37,41,43,53H,1,7-8,11,15,17-26,29H2,(H,46,54)/t37-,41?,43+/m1/s1. The maximum Gasteiger partial charge on any atom is 0.255 e. The first-order valence-electron chi connectivity index (χ1n) is 20.2. The van der Waals surface area contributed by atoms with E-state index >= 15 is 0 Å². The van der Waals surface area contributed by atoms with Gasteiger partial charge >= 0.3 is 0 Å². The maximum atomic E-state index is 13.2. The largest absolute Gasteiger partial charge is 0.508 e. The van der Waals surface area contributed by atoms with Gasteiger partial charge in [0.1, 0.15) is 11.8 Å². The number of aromatic hydroxyl groups is 1.